The van der Waals surface area contributed by atoms with Gasteiger partial charge in [0.15, 0.2) is 5.01 Å². The summed E-state index contributed by atoms with van der Waals surface area (Å²) in [5.74, 6) is -0.505. The van der Waals surface area contributed by atoms with Crippen LogP contribution >= 0.6 is 11.3 Å². The van der Waals surface area contributed by atoms with Crippen molar-refractivity contribution in [3.8, 4) is 16.5 Å². The lowest BCUT2D eigenvalue weighted by Crippen LogP contribution is -2.17. The first-order valence-electron chi connectivity index (χ1n) is 9.22. The quantitative estimate of drug-likeness (QED) is 0.536. The molecule has 0 amide bonds. The van der Waals surface area contributed by atoms with Crippen LogP contribution in [0.25, 0.3) is 10.7 Å². The molecule has 1 saturated heterocycles. The van der Waals surface area contributed by atoms with Crippen molar-refractivity contribution in [1.82, 2.24) is 15.2 Å². The third-order valence-corrected chi connectivity index (χ3v) is 7.25. The van der Waals surface area contributed by atoms with Crippen molar-refractivity contribution >= 4 is 21.2 Å². The number of pyridine rings is 1. The molecule has 1 aliphatic heterocycles. The minimum Gasteiger partial charge on any atom is -0.406 e. The number of hydrogen-bond donors (Lipinski definition) is 0. The van der Waals surface area contributed by atoms with E-state index >= 15 is 0 Å². The van der Waals surface area contributed by atoms with Gasteiger partial charge in [0.25, 0.3) is 0 Å². The number of nitrogens with zero attached hydrogens (tertiary/aromatic N) is 3. The molecule has 31 heavy (non-hydrogen) atoms. The third-order valence-electron chi connectivity index (χ3n) is 4.53. The molecule has 7 nitrogen and oxygen atoms in total. The van der Waals surface area contributed by atoms with Crippen molar-refractivity contribution in [1.29, 1.82) is 0 Å². The number of rotatable bonds is 6. The van der Waals surface area contributed by atoms with Gasteiger partial charge in [0, 0.05) is 19.2 Å². The Morgan fingerprint density at radius 2 is 1.84 bits per heavy atom. The summed E-state index contributed by atoms with van der Waals surface area (Å²) in [5, 5.41) is 9.64. The first kappa shape index (κ1) is 21.7. The largest absolute Gasteiger partial charge is 0.573 e. The van der Waals surface area contributed by atoms with Gasteiger partial charge in [-0.15, -0.1) is 23.4 Å². The molecule has 0 radical (unpaired) electrons. The van der Waals surface area contributed by atoms with Crippen molar-refractivity contribution in [3.05, 3.63) is 47.6 Å². The van der Waals surface area contributed by atoms with E-state index in [1.807, 2.05) is 0 Å². The first-order valence-corrected chi connectivity index (χ1v) is 11.5. The lowest BCUT2D eigenvalue weighted by atomic mass is 10.2. The Balaban J connectivity index is 1.49. The fourth-order valence-electron chi connectivity index (χ4n) is 3.06. The molecule has 1 fully saturated rings. The SMILES string of the molecule is O=S(=O)(c1ccc(OC(F)(F)F)cc1)c1ccc(-c2nnc(C[C@@H]3CCCO3)s2)nc1. The molecule has 1 atom stereocenters. The smallest absolute Gasteiger partial charge is 0.406 e. The zero-order valence-corrected chi connectivity index (χ0v) is 17.5. The number of hydrogen-bond acceptors (Lipinski definition) is 8. The van der Waals surface area contributed by atoms with Crippen LogP contribution in [0.2, 0.25) is 0 Å². The molecule has 4 rings (SSSR count). The van der Waals surface area contributed by atoms with E-state index in [1.54, 1.807) is 0 Å². The Labute approximate surface area is 179 Å². The molecule has 1 aromatic carbocycles. The van der Waals surface area contributed by atoms with Gasteiger partial charge in [-0.25, -0.2) is 8.42 Å². The van der Waals surface area contributed by atoms with Crippen molar-refractivity contribution in [3.63, 3.8) is 0 Å². The predicted molar refractivity (Wildman–Crippen MR) is 104 cm³/mol. The van der Waals surface area contributed by atoms with Crippen LogP contribution < -0.4 is 4.74 Å². The molecule has 0 aliphatic carbocycles. The monoisotopic (exact) mass is 471 g/mol. The zero-order valence-electron chi connectivity index (χ0n) is 15.9. The van der Waals surface area contributed by atoms with E-state index in [4.69, 9.17) is 4.74 Å². The number of aromatic nitrogens is 3. The van der Waals surface area contributed by atoms with Gasteiger partial charge in [0.1, 0.15) is 16.5 Å². The van der Waals surface area contributed by atoms with Gasteiger partial charge in [-0.3, -0.25) is 4.98 Å². The maximum absolute atomic E-state index is 12.7. The second-order valence-electron chi connectivity index (χ2n) is 6.74. The van der Waals surface area contributed by atoms with Crippen molar-refractivity contribution < 1.29 is 31.1 Å². The number of benzene rings is 1. The minimum absolute atomic E-state index is 0.0927. The van der Waals surface area contributed by atoms with Gasteiger partial charge in [-0.05, 0) is 49.2 Å². The van der Waals surface area contributed by atoms with Gasteiger partial charge < -0.3 is 9.47 Å². The zero-order chi connectivity index (χ0) is 22.1. The molecule has 0 spiro atoms. The van der Waals surface area contributed by atoms with Crippen LogP contribution in [0.1, 0.15) is 17.8 Å². The predicted octanol–water partition coefficient (Wildman–Crippen LogP) is 4.05. The van der Waals surface area contributed by atoms with E-state index in [0.29, 0.717) is 17.1 Å². The van der Waals surface area contributed by atoms with Crippen LogP contribution in [0, 0.1) is 0 Å². The van der Waals surface area contributed by atoms with E-state index in [2.05, 4.69) is 19.9 Å². The average molecular weight is 471 g/mol. The second kappa shape index (κ2) is 8.52. The maximum Gasteiger partial charge on any atom is 0.573 e. The number of alkyl halides is 3. The summed E-state index contributed by atoms with van der Waals surface area (Å²) in [6.45, 7) is 0.756. The van der Waals surface area contributed by atoms with Crippen LogP contribution in [0.3, 0.4) is 0 Å². The van der Waals surface area contributed by atoms with E-state index < -0.39 is 21.9 Å². The fraction of sp³-hybridized carbons (Fsp3) is 0.316. The molecule has 0 N–H and O–H groups in total. The summed E-state index contributed by atoms with van der Waals surface area (Å²) in [7, 11) is -3.96. The standard InChI is InChI=1S/C19H16F3N3O4S2/c20-19(21,22)29-12-3-5-14(6-4-12)31(26,27)15-7-8-16(23-11-15)18-25-24-17(30-18)10-13-2-1-9-28-13/h3-8,11,13H,1-2,9-10H2/t13-/m0/s1. The summed E-state index contributed by atoms with van der Waals surface area (Å²) < 4.78 is 71.6. The Hall–Kier alpha value is -2.57. The summed E-state index contributed by atoms with van der Waals surface area (Å²) in [6.07, 6.45) is -0.817. The lowest BCUT2D eigenvalue weighted by molar-refractivity contribution is -0.274. The summed E-state index contributed by atoms with van der Waals surface area (Å²) in [6, 6.07) is 6.88. The Bertz CT molecular complexity index is 1140. The van der Waals surface area contributed by atoms with Crippen molar-refractivity contribution in [2.24, 2.45) is 0 Å². The molecular formula is C19H16F3N3O4S2. The highest BCUT2D eigenvalue weighted by atomic mass is 32.2. The Morgan fingerprint density at radius 1 is 1.10 bits per heavy atom. The second-order valence-corrected chi connectivity index (χ2v) is 9.75. The van der Waals surface area contributed by atoms with Crippen molar-refractivity contribution in [2.75, 3.05) is 6.61 Å². The van der Waals surface area contributed by atoms with E-state index in [0.717, 1.165) is 48.7 Å². The summed E-state index contributed by atoms with van der Waals surface area (Å²) >= 11 is 1.37. The van der Waals surface area contributed by atoms with Gasteiger partial charge in [0.2, 0.25) is 9.84 Å². The highest BCUT2D eigenvalue weighted by Gasteiger charge is 2.31. The van der Waals surface area contributed by atoms with Crippen LogP contribution in [-0.2, 0) is 21.0 Å². The number of sulfone groups is 1. The average Bonchev–Trinajstić information content (AvgIpc) is 3.40. The Kier molecular flexibility index (Phi) is 5.95. The van der Waals surface area contributed by atoms with Gasteiger partial charge in [0.05, 0.1) is 15.9 Å². The summed E-state index contributed by atoms with van der Waals surface area (Å²) in [5.41, 5.74) is 0.476. The molecule has 12 heteroatoms. The number of ether oxygens (including phenoxy) is 2. The van der Waals surface area contributed by atoms with E-state index in [-0.39, 0.29) is 15.9 Å². The molecule has 1 aliphatic rings. The molecular weight excluding hydrogens is 455 g/mol. The minimum atomic E-state index is -4.85. The van der Waals surface area contributed by atoms with Gasteiger partial charge >= 0.3 is 6.36 Å². The van der Waals surface area contributed by atoms with E-state index in [1.165, 1.54) is 29.7 Å². The van der Waals surface area contributed by atoms with Crippen LogP contribution in [-0.4, -0.2) is 42.7 Å². The van der Waals surface area contributed by atoms with E-state index in [9.17, 15) is 21.6 Å². The molecule has 0 saturated carbocycles. The maximum atomic E-state index is 12.7. The number of halogens is 3. The van der Waals surface area contributed by atoms with Crippen LogP contribution in [0.5, 0.6) is 5.75 Å². The third kappa shape index (κ3) is 5.20. The highest BCUT2D eigenvalue weighted by Crippen LogP contribution is 2.28. The fourth-order valence-corrected chi connectivity index (χ4v) is 5.15. The molecule has 0 bridgehead atoms. The lowest BCUT2D eigenvalue weighted by Gasteiger charge is -2.09. The molecule has 164 valence electrons. The highest BCUT2D eigenvalue weighted by molar-refractivity contribution is 7.91. The molecule has 2 aromatic heterocycles. The topological polar surface area (TPSA) is 91.3 Å². The molecule has 3 aromatic rings. The first-order chi connectivity index (χ1) is 14.7. The van der Waals surface area contributed by atoms with Crippen molar-refractivity contribution in [2.45, 2.75) is 41.5 Å². The Morgan fingerprint density at radius 3 is 2.45 bits per heavy atom. The van der Waals surface area contributed by atoms with Crippen LogP contribution in [0.4, 0.5) is 13.2 Å². The van der Waals surface area contributed by atoms with Crippen LogP contribution in [0.15, 0.2) is 52.4 Å². The van der Waals surface area contributed by atoms with Gasteiger partial charge in [-0.2, -0.15) is 0 Å². The molecule has 3 heterocycles. The summed E-state index contributed by atoms with van der Waals surface area (Å²) in [4.78, 5) is 3.91. The van der Waals surface area contributed by atoms with Gasteiger partial charge in [-0.1, -0.05) is 11.3 Å². The normalized spacial score (nSPS) is 17.1. The molecule has 0 unspecified atom stereocenters.